The Kier molecular flexibility index (Phi) is 5.42. The quantitative estimate of drug-likeness (QED) is 0.580. The summed E-state index contributed by atoms with van der Waals surface area (Å²) in [5.74, 6) is -1.34. The topological polar surface area (TPSA) is 120 Å². The molecule has 1 fully saturated rings. The van der Waals surface area contributed by atoms with Crippen LogP contribution in [0, 0.1) is 5.82 Å². The number of rotatable bonds is 4. The Balaban J connectivity index is 1.48. The highest BCUT2D eigenvalue weighted by atomic mass is 19.1. The maximum atomic E-state index is 13.9. The Labute approximate surface area is 170 Å². The monoisotopic (exact) mass is 413 g/mol. The van der Waals surface area contributed by atoms with Gasteiger partial charge in [0.15, 0.2) is 0 Å². The number of fused-ring (bicyclic) bond motifs is 1. The van der Waals surface area contributed by atoms with E-state index in [-0.39, 0.29) is 49.8 Å². The number of amides is 2. The van der Waals surface area contributed by atoms with Gasteiger partial charge in [-0.1, -0.05) is 12.1 Å². The molecule has 4 rings (SSSR count). The maximum Gasteiger partial charge on any atom is 0.271 e. The van der Waals surface area contributed by atoms with Gasteiger partial charge in [-0.3, -0.25) is 14.6 Å². The molecule has 2 aromatic heterocycles. The van der Waals surface area contributed by atoms with Crippen molar-refractivity contribution >= 4 is 22.7 Å². The Morgan fingerprint density at radius 2 is 2.23 bits per heavy atom. The van der Waals surface area contributed by atoms with E-state index in [1.54, 1.807) is 18.2 Å². The molecule has 156 valence electrons. The summed E-state index contributed by atoms with van der Waals surface area (Å²) in [6.07, 6.45) is 4.15. The Morgan fingerprint density at radius 3 is 3.00 bits per heavy atom. The number of H-pyrrole nitrogens is 1. The molecule has 1 aliphatic rings. The molecule has 3 N–H and O–H groups in total. The SMILES string of the molecule is O=C(NC[C@]1(O)COCCN(C(=O)c2cc3cccc(F)c3[nH]2)C1)c1cnccn1. The lowest BCUT2D eigenvalue weighted by molar-refractivity contribution is -0.0324. The van der Waals surface area contributed by atoms with Gasteiger partial charge >= 0.3 is 0 Å². The Hall–Kier alpha value is -3.37. The molecule has 10 heteroatoms. The molecule has 0 bridgehead atoms. The summed E-state index contributed by atoms with van der Waals surface area (Å²) >= 11 is 0. The summed E-state index contributed by atoms with van der Waals surface area (Å²) in [6.45, 7) is 0.203. The predicted octanol–water partition coefficient (Wildman–Crippen LogP) is 0.730. The number of hydrogen-bond donors (Lipinski definition) is 3. The van der Waals surface area contributed by atoms with Crippen LogP contribution in [0.5, 0.6) is 0 Å². The van der Waals surface area contributed by atoms with Crippen molar-refractivity contribution in [3.8, 4) is 0 Å². The Morgan fingerprint density at radius 1 is 1.37 bits per heavy atom. The fourth-order valence-electron chi connectivity index (χ4n) is 3.35. The van der Waals surface area contributed by atoms with E-state index in [1.807, 2.05) is 0 Å². The first-order chi connectivity index (χ1) is 14.5. The van der Waals surface area contributed by atoms with Crippen LogP contribution in [-0.2, 0) is 4.74 Å². The number of ether oxygens (including phenoxy) is 1. The van der Waals surface area contributed by atoms with Crippen molar-refractivity contribution in [2.45, 2.75) is 5.60 Å². The zero-order chi connectivity index (χ0) is 21.1. The number of carbonyl (C=O) groups excluding carboxylic acids is 2. The number of benzene rings is 1. The number of aromatic nitrogens is 3. The third kappa shape index (κ3) is 4.14. The lowest BCUT2D eigenvalue weighted by Crippen LogP contribution is -2.53. The highest BCUT2D eigenvalue weighted by molar-refractivity contribution is 5.98. The second kappa shape index (κ2) is 8.17. The summed E-state index contributed by atoms with van der Waals surface area (Å²) in [6, 6.07) is 6.15. The van der Waals surface area contributed by atoms with Gasteiger partial charge < -0.3 is 25.0 Å². The van der Waals surface area contributed by atoms with Crippen molar-refractivity contribution in [2.24, 2.45) is 0 Å². The van der Waals surface area contributed by atoms with E-state index < -0.39 is 23.2 Å². The molecular formula is C20H20FN5O4. The van der Waals surface area contributed by atoms with Crippen LogP contribution >= 0.6 is 0 Å². The fourth-order valence-corrected chi connectivity index (χ4v) is 3.35. The average molecular weight is 413 g/mol. The van der Waals surface area contributed by atoms with Gasteiger partial charge in [-0.15, -0.1) is 0 Å². The van der Waals surface area contributed by atoms with E-state index in [1.165, 1.54) is 29.6 Å². The van der Waals surface area contributed by atoms with Crippen LogP contribution < -0.4 is 5.32 Å². The Bertz CT molecular complexity index is 1070. The third-order valence-electron chi connectivity index (χ3n) is 4.86. The maximum absolute atomic E-state index is 13.9. The van der Waals surface area contributed by atoms with Gasteiger partial charge in [0, 0.05) is 24.3 Å². The summed E-state index contributed by atoms with van der Waals surface area (Å²) in [5.41, 5.74) is -0.925. The average Bonchev–Trinajstić information content (AvgIpc) is 3.10. The van der Waals surface area contributed by atoms with Crippen LogP contribution in [0.4, 0.5) is 4.39 Å². The first-order valence-electron chi connectivity index (χ1n) is 9.36. The summed E-state index contributed by atoms with van der Waals surface area (Å²) < 4.78 is 19.4. The molecule has 1 aliphatic heterocycles. The van der Waals surface area contributed by atoms with Crippen LogP contribution in [-0.4, -0.2) is 75.2 Å². The number of halogens is 1. The molecule has 0 aliphatic carbocycles. The molecule has 0 radical (unpaired) electrons. The van der Waals surface area contributed by atoms with Crippen molar-refractivity contribution in [1.82, 2.24) is 25.2 Å². The van der Waals surface area contributed by atoms with Gasteiger partial charge in [-0.2, -0.15) is 0 Å². The molecule has 0 saturated carbocycles. The van der Waals surface area contributed by atoms with Crippen molar-refractivity contribution in [1.29, 1.82) is 0 Å². The lowest BCUT2D eigenvalue weighted by Gasteiger charge is -2.30. The minimum Gasteiger partial charge on any atom is -0.384 e. The second-order valence-corrected chi connectivity index (χ2v) is 7.16. The fraction of sp³-hybridized carbons (Fsp3) is 0.300. The normalized spacial score (nSPS) is 19.5. The molecule has 30 heavy (non-hydrogen) atoms. The highest BCUT2D eigenvalue weighted by Gasteiger charge is 2.35. The molecule has 3 aromatic rings. The van der Waals surface area contributed by atoms with Crippen molar-refractivity contribution in [2.75, 3.05) is 32.8 Å². The van der Waals surface area contributed by atoms with Gasteiger partial charge in [-0.05, 0) is 12.1 Å². The van der Waals surface area contributed by atoms with Crippen LogP contribution in [0.25, 0.3) is 10.9 Å². The molecule has 3 heterocycles. The second-order valence-electron chi connectivity index (χ2n) is 7.16. The molecular weight excluding hydrogens is 393 g/mol. The predicted molar refractivity (Wildman–Crippen MR) is 104 cm³/mol. The number of aromatic amines is 1. The van der Waals surface area contributed by atoms with Crippen LogP contribution in [0.15, 0.2) is 42.9 Å². The summed E-state index contributed by atoms with van der Waals surface area (Å²) in [4.78, 5) is 37.1. The van der Waals surface area contributed by atoms with E-state index in [9.17, 15) is 19.1 Å². The first kappa shape index (κ1) is 19.9. The van der Waals surface area contributed by atoms with Gasteiger partial charge in [0.1, 0.15) is 22.8 Å². The number of hydrogen-bond acceptors (Lipinski definition) is 6. The molecule has 0 unspecified atom stereocenters. The number of aliphatic hydroxyl groups is 1. The zero-order valence-electron chi connectivity index (χ0n) is 16.0. The number of nitrogens with one attached hydrogen (secondary N) is 2. The van der Waals surface area contributed by atoms with Crippen molar-refractivity contribution < 1.29 is 23.8 Å². The molecule has 1 saturated heterocycles. The van der Waals surface area contributed by atoms with E-state index >= 15 is 0 Å². The largest absolute Gasteiger partial charge is 0.384 e. The summed E-state index contributed by atoms with van der Waals surface area (Å²) in [7, 11) is 0. The van der Waals surface area contributed by atoms with Crippen LogP contribution in [0.1, 0.15) is 21.0 Å². The van der Waals surface area contributed by atoms with Crippen molar-refractivity contribution in [3.05, 3.63) is 60.1 Å². The van der Waals surface area contributed by atoms with Gasteiger partial charge in [0.25, 0.3) is 11.8 Å². The third-order valence-corrected chi connectivity index (χ3v) is 4.86. The van der Waals surface area contributed by atoms with E-state index in [4.69, 9.17) is 4.74 Å². The van der Waals surface area contributed by atoms with Gasteiger partial charge in [-0.25, -0.2) is 9.37 Å². The lowest BCUT2D eigenvalue weighted by atomic mass is 10.0. The van der Waals surface area contributed by atoms with Crippen molar-refractivity contribution in [3.63, 3.8) is 0 Å². The molecule has 1 aromatic carbocycles. The van der Waals surface area contributed by atoms with Crippen LogP contribution in [0.3, 0.4) is 0 Å². The number of carbonyl (C=O) groups is 2. The number of para-hydroxylation sites is 1. The van der Waals surface area contributed by atoms with E-state index in [0.717, 1.165) is 0 Å². The minimum absolute atomic E-state index is 0.0567. The van der Waals surface area contributed by atoms with Gasteiger partial charge in [0.05, 0.1) is 38.0 Å². The number of β-amino-alcohol motifs (C(OH)–C–C–N with tert-alkyl or cyclic N) is 1. The molecule has 1 atom stereocenters. The van der Waals surface area contributed by atoms with Gasteiger partial charge in [0.2, 0.25) is 0 Å². The molecule has 2 amide bonds. The standard InChI is InChI=1S/C20H20FN5O4/c21-14-3-1-2-13-8-15(25-17(13)14)19(28)26-6-7-30-12-20(29,11-26)10-24-18(27)16-9-22-4-5-23-16/h1-5,8-9,25,29H,6-7,10-12H2,(H,24,27)/t20-/m1/s1. The van der Waals surface area contributed by atoms with E-state index in [0.29, 0.717) is 5.39 Å². The smallest absolute Gasteiger partial charge is 0.271 e. The van der Waals surface area contributed by atoms with Crippen LogP contribution in [0.2, 0.25) is 0 Å². The molecule has 9 nitrogen and oxygen atoms in total. The molecule has 0 spiro atoms. The zero-order valence-corrected chi connectivity index (χ0v) is 16.0. The first-order valence-corrected chi connectivity index (χ1v) is 9.36. The minimum atomic E-state index is -1.50. The van der Waals surface area contributed by atoms with E-state index in [2.05, 4.69) is 20.3 Å². The number of nitrogens with zero attached hydrogens (tertiary/aromatic N) is 3. The summed E-state index contributed by atoms with van der Waals surface area (Å²) in [5, 5.41) is 14.1. The highest BCUT2D eigenvalue weighted by Crippen LogP contribution is 2.21.